The van der Waals surface area contributed by atoms with Crippen LogP contribution in [-0.4, -0.2) is 81.7 Å². The van der Waals surface area contributed by atoms with E-state index < -0.39 is 24.1 Å². The van der Waals surface area contributed by atoms with Crippen molar-refractivity contribution in [3.63, 3.8) is 0 Å². The van der Waals surface area contributed by atoms with E-state index in [1.165, 1.54) is 25.0 Å². The standard InChI is InChI=1S/C20H27FN4O6/c1-12(26)22-7-15-9-25(20(29)31-15)14-3-4-17(16(21)5-14)24-8-13(18(27)10-24)6-23-19(28)11-30-2/h3-5,13,15,18,27H,6-11H2,1-2H3,(H,22,26)(H,23,28)/t13-,15+,18-/m1/s1. The molecule has 0 radical (unpaired) electrons. The van der Waals surface area contributed by atoms with Crippen molar-refractivity contribution in [2.75, 3.05) is 56.2 Å². The van der Waals surface area contributed by atoms with Crippen LogP contribution in [0.25, 0.3) is 0 Å². The van der Waals surface area contributed by atoms with E-state index in [4.69, 9.17) is 9.47 Å². The monoisotopic (exact) mass is 438 g/mol. The number of hydrogen-bond acceptors (Lipinski definition) is 7. The quantitative estimate of drug-likeness (QED) is 0.516. The van der Waals surface area contributed by atoms with Crippen molar-refractivity contribution in [1.29, 1.82) is 0 Å². The molecule has 2 aliphatic heterocycles. The summed E-state index contributed by atoms with van der Waals surface area (Å²) < 4.78 is 24.8. The van der Waals surface area contributed by atoms with Crippen LogP contribution in [0.2, 0.25) is 0 Å². The highest BCUT2D eigenvalue weighted by Gasteiger charge is 2.35. The summed E-state index contributed by atoms with van der Waals surface area (Å²) in [5, 5.41) is 15.6. The molecule has 0 unspecified atom stereocenters. The summed E-state index contributed by atoms with van der Waals surface area (Å²) in [6.07, 6.45) is -1.84. The maximum Gasteiger partial charge on any atom is 0.414 e. The molecular formula is C20H27FN4O6. The molecule has 0 aromatic heterocycles. The van der Waals surface area contributed by atoms with Gasteiger partial charge in [0.15, 0.2) is 0 Å². The van der Waals surface area contributed by atoms with E-state index in [0.717, 1.165) is 0 Å². The third kappa shape index (κ3) is 5.61. The summed E-state index contributed by atoms with van der Waals surface area (Å²) in [6.45, 7) is 2.55. The Hall–Kier alpha value is -2.92. The number of cyclic esters (lactones) is 1. The second kappa shape index (κ2) is 9.92. The molecule has 0 aliphatic carbocycles. The Morgan fingerprint density at radius 1 is 1.26 bits per heavy atom. The van der Waals surface area contributed by atoms with Gasteiger partial charge >= 0.3 is 6.09 Å². The summed E-state index contributed by atoms with van der Waals surface area (Å²) in [6, 6.07) is 4.41. The first-order chi connectivity index (χ1) is 14.8. The number of nitrogens with one attached hydrogen (secondary N) is 2. The fourth-order valence-electron chi connectivity index (χ4n) is 3.69. The molecule has 1 aromatic carbocycles. The summed E-state index contributed by atoms with van der Waals surface area (Å²) in [4.78, 5) is 37.7. The highest BCUT2D eigenvalue weighted by Crippen LogP contribution is 2.31. The van der Waals surface area contributed by atoms with Crippen molar-refractivity contribution in [1.82, 2.24) is 10.6 Å². The van der Waals surface area contributed by atoms with Gasteiger partial charge in [-0.3, -0.25) is 14.5 Å². The molecule has 3 rings (SSSR count). The van der Waals surface area contributed by atoms with Crippen molar-refractivity contribution in [2.24, 2.45) is 5.92 Å². The molecule has 3 N–H and O–H groups in total. The molecule has 0 bridgehead atoms. The normalized spacial score (nSPS) is 23.1. The zero-order valence-corrected chi connectivity index (χ0v) is 17.5. The van der Waals surface area contributed by atoms with Gasteiger partial charge in [-0.05, 0) is 18.2 Å². The predicted molar refractivity (Wildman–Crippen MR) is 109 cm³/mol. The Bertz CT molecular complexity index is 838. The van der Waals surface area contributed by atoms with Crippen LogP contribution in [0.5, 0.6) is 0 Å². The molecule has 2 aliphatic rings. The smallest absolute Gasteiger partial charge is 0.414 e. The van der Waals surface area contributed by atoms with Crippen LogP contribution in [0.15, 0.2) is 18.2 Å². The Kier molecular flexibility index (Phi) is 7.29. The third-order valence-corrected chi connectivity index (χ3v) is 5.28. The van der Waals surface area contributed by atoms with Crippen LogP contribution in [0.3, 0.4) is 0 Å². The van der Waals surface area contributed by atoms with Crippen molar-refractivity contribution in [3.05, 3.63) is 24.0 Å². The number of anilines is 2. The van der Waals surface area contributed by atoms with Crippen molar-refractivity contribution < 1.29 is 33.4 Å². The predicted octanol–water partition coefficient (Wildman–Crippen LogP) is -0.153. The first kappa shape index (κ1) is 22.8. The summed E-state index contributed by atoms with van der Waals surface area (Å²) in [7, 11) is 1.42. The maximum atomic E-state index is 14.9. The Morgan fingerprint density at radius 2 is 2.03 bits per heavy atom. The molecule has 3 amide bonds. The van der Waals surface area contributed by atoms with E-state index in [-0.39, 0.29) is 50.5 Å². The van der Waals surface area contributed by atoms with E-state index in [2.05, 4.69) is 10.6 Å². The zero-order valence-electron chi connectivity index (χ0n) is 17.5. The van der Waals surface area contributed by atoms with Gasteiger partial charge in [-0.2, -0.15) is 0 Å². The molecule has 11 heteroatoms. The number of carbonyl (C=O) groups is 3. The Morgan fingerprint density at radius 3 is 2.71 bits per heavy atom. The number of methoxy groups -OCH3 is 1. The number of hydrogen-bond donors (Lipinski definition) is 3. The van der Waals surface area contributed by atoms with Gasteiger partial charge in [0.25, 0.3) is 0 Å². The number of β-amino-alcohol motifs (C(OH)–C–C–N with tert-alkyl or cyclic N) is 1. The molecule has 0 spiro atoms. The number of aliphatic hydroxyl groups is 1. The molecule has 2 saturated heterocycles. The lowest BCUT2D eigenvalue weighted by Gasteiger charge is -2.21. The van der Waals surface area contributed by atoms with E-state index >= 15 is 0 Å². The second-order valence-electron chi connectivity index (χ2n) is 7.66. The Labute approximate surface area is 179 Å². The number of benzene rings is 1. The van der Waals surface area contributed by atoms with Crippen LogP contribution in [0.1, 0.15) is 6.92 Å². The first-order valence-electron chi connectivity index (χ1n) is 9.99. The lowest BCUT2D eigenvalue weighted by atomic mass is 10.1. The molecule has 10 nitrogen and oxygen atoms in total. The Balaban J connectivity index is 1.61. The number of nitrogens with zero attached hydrogens (tertiary/aromatic N) is 2. The molecule has 2 heterocycles. The fraction of sp³-hybridized carbons (Fsp3) is 0.550. The van der Waals surface area contributed by atoms with Gasteiger partial charge in [0.2, 0.25) is 11.8 Å². The summed E-state index contributed by atoms with van der Waals surface area (Å²) in [5.41, 5.74) is 0.649. The van der Waals surface area contributed by atoms with E-state index in [9.17, 15) is 23.9 Å². The summed E-state index contributed by atoms with van der Waals surface area (Å²) in [5.74, 6) is -1.29. The average Bonchev–Trinajstić information content (AvgIpc) is 3.27. The number of carbonyl (C=O) groups excluding carboxylic acids is 3. The number of aliphatic hydroxyl groups excluding tert-OH is 1. The lowest BCUT2D eigenvalue weighted by molar-refractivity contribution is -0.125. The molecular weight excluding hydrogens is 411 g/mol. The minimum Gasteiger partial charge on any atom is -0.442 e. The minimum atomic E-state index is -0.718. The van der Waals surface area contributed by atoms with Crippen LogP contribution in [-0.2, 0) is 19.1 Å². The van der Waals surface area contributed by atoms with E-state index in [1.54, 1.807) is 17.0 Å². The second-order valence-corrected chi connectivity index (χ2v) is 7.66. The molecule has 1 aromatic rings. The first-order valence-corrected chi connectivity index (χ1v) is 9.99. The van der Waals surface area contributed by atoms with Gasteiger partial charge in [-0.15, -0.1) is 0 Å². The van der Waals surface area contributed by atoms with Crippen LogP contribution >= 0.6 is 0 Å². The zero-order chi connectivity index (χ0) is 22.5. The van der Waals surface area contributed by atoms with Crippen LogP contribution in [0.4, 0.5) is 20.6 Å². The maximum absolute atomic E-state index is 14.9. The molecule has 2 fully saturated rings. The molecule has 3 atom stereocenters. The topological polar surface area (TPSA) is 120 Å². The largest absolute Gasteiger partial charge is 0.442 e. The third-order valence-electron chi connectivity index (χ3n) is 5.28. The van der Waals surface area contributed by atoms with Crippen molar-refractivity contribution in [2.45, 2.75) is 19.1 Å². The van der Waals surface area contributed by atoms with Gasteiger partial charge < -0.3 is 30.1 Å². The van der Waals surface area contributed by atoms with Gasteiger partial charge in [-0.1, -0.05) is 0 Å². The average molecular weight is 438 g/mol. The highest BCUT2D eigenvalue weighted by molar-refractivity contribution is 5.90. The molecule has 170 valence electrons. The van der Waals surface area contributed by atoms with Crippen LogP contribution in [0, 0.1) is 11.7 Å². The van der Waals surface area contributed by atoms with E-state index in [1.807, 2.05) is 0 Å². The minimum absolute atomic E-state index is 0.0623. The number of rotatable bonds is 8. The molecule has 0 saturated carbocycles. The fourth-order valence-corrected chi connectivity index (χ4v) is 3.69. The molecule has 31 heavy (non-hydrogen) atoms. The highest BCUT2D eigenvalue weighted by atomic mass is 19.1. The SMILES string of the molecule is COCC(=O)NC[C@@H]1CN(c2ccc(N3C[C@H](CNC(C)=O)OC3=O)cc2F)C[C@H]1O. The number of ether oxygens (including phenoxy) is 2. The van der Waals surface area contributed by atoms with Crippen molar-refractivity contribution >= 4 is 29.3 Å². The van der Waals surface area contributed by atoms with Gasteiger partial charge in [-0.25, -0.2) is 9.18 Å². The number of halogens is 1. The number of amides is 3. The van der Waals surface area contributed by atoms with Crippen molar-refractivity contribution in [3.8, 4) is 0 Å². The van der Waals surface area contributed by atoms with E-state index in [0.29, 0.717) is 17.9 Å². The summed E-state index contributed by atoms with van der Waals surface area (Å²) >= 11 is 0. The van der Waals surface area contributed by atoms with Gasteiger partial charge in [0.05, 0.1) is 30.6 Å². The lowest BCUT2D eigenvalue weighted by Crippen LogP contribution is -2.36. The van der Waals surface area contributed by atoms with Gasteiger partial charge in [0.1, 0.15) is 18.5 Å². The van der Waals surface area contributed by atoms with Gasteiger partial charge in [0, 0.05) is 39.6 Å². The van der Waals surface area contributed by atoms with Crippen LogP contribution < -0.4 is 20.4 Å².